The second-order valence-corrected chi connectivity index (χ2v) is 6.39. The monoisotopic (exact) mass is 267 g/mol. The van der Waals surface area contributed by atoms with Crippen LogP contribution in [-0.4, -0.2) is 53.7 Å². The largest absolute Gasteiger partial charge is 0.370 e. The van der Waals surface area contributed by atoms with Gasteiger partial charge in [-0.3, -0.25) is 9.69 Å². The number of imide groups is 1. The first kappa shape index (κ1) is 12.9. The maximum absolute atomic E-state index is 12.4. The maximum Gasteiger partial charge on any atom is 0.325 e. The molecule has 6 nitrogen and oxygen atoms in total. The number of carbonyl (C=O) groups is 2. The first-order valence-corrected chi connectivity index (χ1v) is 6.95. The molecule has 0 saturated carbocycles. The van der Waals surface area contributed by atoms with E-state index in [2.05, 4.69) is 10.6 Å². The number of rotatable bonds is 2. The van der Waals surface area contributed by atoms with Gasteiger partial charge >= 0.3 is 6.03 Å². The molecule has 1 spiro atoms. The lowest BCUT2D eigenvalue weighted by Gasteiger charge is -2.23. The summed E-state index contributed by atoms with van der Waals surface area (Å²) in [4.78, 5) is 25.8. The van der Waals surface area contributed by atoms with Gasteiger partial charge in [0.1, 0.15) is 5.54 Å². The zero-order valence-corrected chi connectivity index (χ0v) is 11.5. The molecule has 3 amide bonds. The van der Waals surface area contributed by atoms with E-state index in [1.807, 2.05) is 13.8 Å². The van der Waals surface area contributed by atoms with Crippen LogP contribution in [0.3, 0.4) is 0 Å². The number of carbonyl (C=O) groups excluding carboxylic acids is 2. The molecule has 3 fully saturated rings. The topological polar surface area (TPSA) is 70.7 Å². The summed E-state index contributed by atoms with van der Waals surface area (Å²) in [6.45, 7) is 5.76. The van der Waals surface area contributed by atoms with E-state index in [0.717, 1.165) is 19.4 Å². The number of nitrogens with one attached hydrogen (secondary N) is 2. The van der Waals surface area contributed by atoms with E-state index in [4.69, 9.17) is 4.74 Å². The van der Waals surface area contributed by atoms with E-state index in [9.17, 15) is 9.59 Å². The molecule has 106 valence electrons. The highest BCUT2D eigenvalue weighted by molar-refractivity contribution is 6.07. The summed E-state index contributed by atoms with van der Waals surface area (Å²) >= 11 is 0. The predicted octanol–water partition coefficient (Wildman–Crippen LogP) is 0.228. The lowest BCUT2D eigenvalue weighted by molar-refractivity contribution is -0.132. The molecule has 0 bridgehead atoms. The highest BCUT2D eigenvalue weighted by Gasteiger charge is 2.53. The van der Waals surface area contributed by atoms with Crippen LogP contribution in [0.5, 0.6) is 0 Å². The third kappa shape index (κ3) is 2.12. The van der Waals surface area contributed by atoms with Gasteiger partial charge in [0.15, 0.2) is 0 Å². The summed E-state index contributed by atoms with van der Waals surface area (Å²) in [5.41, 5.74) is -0.846. The number of hydrogen-bond donors (Lipinski definition) is 2. The standard InChI is InChI=1S/C13H21N3O3/c1-12(2)4-3-9(19-12)7-16-10(17)13(15-11(16)18)5-6-14-8-13/h9,14H,3-8H2,1-2H3,(H,15,18). The first-order valence-electron chi connectivity index (χ1n) is 6.95. The Kier molecular flexibility index (Phi) is 2.83. The number of ether oxygens (including phenoxy) is 1. The van der Waals surface area contributed by atoms with Gasteiger partial charge in [-0.15, -0.1) is 0 Å². The van der Waals surface area contributed by atoms with E-state index in [0.29, 0.717) is 19.5 Å². The van der Waals surface area contributed by atoms with E-state index >= 15 is 0 Å². The molecular weight excluding hydrogens is 246 g/mol. The molecule has 2 N–H and O–H groups in total. The summed E-state index contributed by atoms with van der Waals surface area (Å²) in [5.74, 6) is -0.101. The van der Waals surface area contributed by atoms with Crippen molar-refractivity contribution in [3.63, 3.8) is 0 Å². The molecule has 0 aliphatic carbocycles. The minimum Gasteiger partial charge on any atom is -0.370 e. The molecule has 3 aliphatic heterocycles. The van der Waals surface area contributed by atoms with Gasteiger partial charge in [-0.2, -0.15) is 0 Å². The van der Waals surface area contributed by atoms with E-state index in [1.165, 1.54) is 4.90 Å². The maximum atomic E-state index is 12.4. The number of nitrogens with zero attached hydrogens (tertiary/aromatic N) is 1. The van der Waals surface area contributed by atoms with Gasteiger partial charge in [0.25, 0.3) is 5.91 Å². The molecule has 2 unspecified atom stereocenters. The molecule has 0 aromatic carbocycles. The van der Waals surface area contributed by atoms with Gasteiger partial charge in [-0.05, 0) is 39.7 Å². The Hall–Kier alpha value is -1.14. The number of hydrogen-bond acceptors (Lipinski definition) is 4. The lowest BCUT2D eigenvalue weighted by Crippen LogP contribution is -2.49. The van der Waals surface area contributed by atoms with Crippen LogP contribution in [0.4, 0.5) is 4.79 Å². The smallest absolute Gasteiger partial charge is 0.325 e. The summed E-state index contributed by atoms with van der Waals surface area (Å²) in [6.07, 6.45) is 2.50. The van der Waals surface area contributed by atoms with Crippen molar-refractivity contribution in [2.75, 3.05) is 19.6 Å². The molecule has 0 radical (unpaired) electrons. The molecule has 3 heterocycles. The van der Waals surface area contributed by atoms with Crippen LogP contribution < -0.4 is 10.6 Å². The number of amides is 3. The number of urea groups is 1. The molecule has 3 rings (SSSR count). The van der Waals surface area contributed by atoms with Crippen LogP contribution in [0.25, 0.3) is 0 Å². The lowest BCUT2D eigenvalue weighted by atomic mass is 9.99. The van der Waals surface area contributed by atoms with Crippen molar-refractivity contribution in [3.05, 3.63) is 0 Å². The minimum absolute atomic E-state index is 0.0331. The van der Waals surface area contributed by atoms with Crippen LogP contribution in [-0.2, 0) is 9.53 Å². The van der Waals surface area contributed by atoms with E-state index in [-0.39, 0.29) is 23.6 Å². The third-order valence-corrected chi connectivity index (χ3v) is 4.34. The Bertz CT molecular complexity index is 415. The zero-order valence-electron chi connectivity index (χ0n) is 11.5. The van der Waals surface area contributed by atoms with Gasteiger partial charge < -0.3 is 15.4 Å². The molecular formula is C13H21N3O3. The fraction of sp³-hybridized carbons (Fsp3) is 0.846. The highest BCUT2D eigenvalue weighted by Crippen LogP contribution is 2.31. The van der Waals surface area contributed by atoms with Gasteiger partial charge in [0.2, 0.25) is 0 Å². The summed E-state index contributed by atoms with van der Waals surface area (Å²) in [7, 11) is 0. The second-order valence-electron chi connectivity index (χ2n) is 6.39. The molecule has 0 aromatic rings. The van der Waals surface area contributed by atoms with Crippen molar-refractivity contribution in [2.24, 2.45) is 0 Å². The molecule has 3 aliphatic rings. The summed E-state index contributed by atoms with van der Waals surface area (Å²) < 4.78 is 5.87. The van der Waals surface area contributed by atoms with Crippen LogP contribution in [0.1, 0.15) is 33.1 Å². The molecule has 19 heavy (non-hydrogen) atoms. The average Bonchev–Trinajstić information content (AvgIpc) is 2.97. The van der Waals surface area contributed by atoms with Crippen LogP contribution >= 0.6 is 0 Å². The van der Waals surface area contributed by atoms with Gasteiger partial charge in [-0.25, -0.2) is 4.79 Å². The van der Waals surface area contributed by atoms with Crippen LogP contribution in [0.15, 0.2) is 0 Å². The Morgan fingerprint density at radius 1 is 1.37 bits per heavy atom. The third-order valence-electron chi connectivity index (χ3n) is 4.34. The first-order chi connectivity index (χ1) is 8.92. The molecule has 2 atom stereocenters. The van der Waals surface area contributed by atoms with Gasteiger partial charge in [0.05, 0.1) is 18.2 Å². The zero-order chi connectivity index (χ0) is 13.7. The summed E-state index contributed by atoms with van der Waals surface area (Å²) in [5, 5.41) is 5.98. The van der Waals surface area contributed by atoms with Gasteiger partial charge in [-0.1, -0.05) is 0 Å². The molecule has 3 saturated heterocycles. The highest BCUT2D eigenvalue weighted by atomic mass is 16.5. The van der Waals surface area contributed by atoms with Crippen molar-refractivity contribution in [3.8, 4) is 0 Å². The van der Waals surface area contributed by atoms with E-state index < -0.39 is 5.54 Å². The van der Waals surface area contributed by atoms with Crippen LogP contribution in [0, 0.1) is 0 Å². The van der Waals surface area contributed by atoms with Crippen molar-refractivity contribution in [1.29, 1.82) is 0 Å². The fourth-order valence-electron chi connectivity index (χ4n) is 3.23. The van der Waals surface area contributed by atoms with Crippen molar-refractivity contribution in [2.45, 2.75) is 50.4 Å². The van der Waals surface area contributed by atoms with Crippen molar-refractivity contribution in [1.82, 2.24) is 15.5 Å². The Morgan fingerprint density at radius 2 is 2.16 bits per heavy atom. The SMILES string of the molecule is CC1(C)CCC(CN2C(=O)NC3(CCNC3)C2=O)O1. The van der Waals surface area contributed by atoms with Crippen molar-refractivity contribution >= 4 is 11.9 Å². The fourth-order valence-corrected chi connectivity index (χ4v) is 3.23. The quantitative estimate of drug-likeness (QED) is 0.703. The normalized spacial score (nSPS) is 37.4. The Morgan fingerprint density at radius 3 is 2.74 bits per heavy atom. The van der Waals surface area contributed by atoms with Gasteiger partial charge in [0, 0.05) is 6.54 Å². The Labute approximate surface area is 112 Å². The summed E-state index contributed by atoms with van der Waals surface area (Å²) in [6, 6.07) is -0.276. The minimum atomic E-state index is -0.703. The molecule has 0 aromatic heterocycles. The Balaban J connectivity index is 1.68. The van der Waals surface area contributed by atoms with Crippen molar-refractivity contribution < 1.29 is 14.3 Å². The predicted molar refractivity (Wildman–Crippen MR) is 68.6 cm³/mol. The average molecular weight is 267 g/mol. The second kappa shape index (κ2) is 4.18. The molecule has 6 heteroatoms. The van der Waals surface area contributed by atoms with E-state index in [1.54, 1.807) is 0 Å². The van der Waals surface area contributed by atoms with Crippen LogP contribution in [0.2, 0.25) is 0 Å².